The number of thioether (sulfide) groups is 2. The topological polar surface area (TPSA) is 116 Å². The Morgan fingerprint density at radius 1 is 1.17 bits per heavy atom. The van der Waals surface area contributed by atoms with Crippen LogP contribution in [0.2, 0.25) is 0 Å². The van der Waals surface area contributed by atoms with Gasteiger partial charge in [-0.25, -0.2) is 0 Å². The van der Waals surface area contributed by atoms with E-state index in [-0.39, 0.29) is 17.1 Å². The van der Waals surface area contributed by atoms with Gasteiger partial charge in [-0.05, 0) is 55.0 Å². The molecule has 4 aromatic rings. The number of nitro benzene ring substituents is 1. The van der Waals surface area contributed by atoms with Gasteiger partial charge in [0.2, 0.25) is 5.91 Å². The number of amides is 1. The molecular formula is C23H18F2N6O3S2. The largest absolute Gasteiger partial charge is 0.320 e. The molecule has 2 aromatic heterocycles. The van der Waals surface area contributed by atoms with Gasteiger partial charge in [-0.3, -0.25) is 24.5 Å². The molecule has 0 aliphatic carbocycles. The predicted octanol–water partition coefficient (Wildman–Crippen LogP) is 5.59. The van der Waals surface area contributed by atoms with E-state index in [4.69, 9.17) is 0 Å². The molecule has 9 nitrogen and oxygen atoms in total. The number of hydrogen-bond acceptors (Lipinski definition) is 8. The number of alkyl halides is 2. The van der Waals surface area contributed by atoms with Crippen LogP contribution in [0.25, 0.3) is 17.1 Å². The van der Waals surface area contributed by atoms with Crippen molar-refractivity contribution < 1.29 is 18.5 Å². The van der Waals surface area contributed by atoms with E-state index < -0.39 is 16.6 Å². The molecule has 2 heterocycles. The van der Waals surface area contributed by atoms with Crippen molar-refractivity contribution in [1.29, 1.82) is 0 Å². The van der Waals surface area contributed by atoms with Gasteiger partial charge in [0.15, 0.2) is 11.0 Å². The first-order valence-corrected chi connectivity index (χ1v) is 12.3. The first kappa shape index (κ1) is 25.3. The summed E-state index contributed by atoms with van der Waals surface area (Å²) in [5, 5.41) is 22.7. The van der Waals surface area contributed by atoms with Gasteiger partial charge < -0.3 is 5.32 Å². The van der Waals surface area contributed by atoms with Crippen LogP contribution in [0.3, 0.4) is 0 Å². The van der Waals surface area contributed by atoms with E-state index in [2.05, 4.69) is 20.5 Å². The highest BCUT2D eigenvalue weighted by atomic mass is 32.2. The molecule has 0 atom stereocenters. The molecule has 1 N–H and O–H groups in total. The Kier molecular flexibility index (Phi) is 7.90. The second-order valence-corrected chi connectivity index (χ2v) is 9.38. The van der Waals surface area contributed by atoms with Crippen LogP contribution in [-0.2, 0) is 4.79 Å². The number of nitrogens with zero attached hydrogens (tertiary/aromatic N) is 5. The van der Waals surface area contributed by atoms with Crippen LogP contribution in [0, 0.1) is 17.0 Å². The molecule has 0 aliphatic heterocycles. The first-order valence-electron chi connectivity index (χ1n) is 10.4. The minimum atomic E-state index is -2.54. The fourth-order valence-corrected chi connectivity index (χ4v) is 4.52. The maximum absolute atomic E-state index is 12.7. The Morgan fingerprint density at radius 2 is 1.94 bits per heavy atom. The highest BCUT2D eigenvalue weighted by molar-refractivity contribution is 8.00. The molecule has 0 saturated heterocycles. The van der Waals surface area contributed by atoms with E-state index >= 15 is 0 Å². The van der Waals surface area contributed by atoms with Crippen molar-refractivity contribution >= 4 is 40.8 Å². The van der Waals surface area contributed by atoms with Gasteiger partial charge in [0.1, 0.15) is 5.69 Å². The number of carbonyl (C=O) groups is 1. The molecule has 0 saturated carbocycles. The highest BCUT2D eigenvalue weighted by Crippen LogP contribution is 2.31. The second kappa shape index (κ2) is 11.3. The van der Waals surface area contributed by atoms with Gasteiger partial charge >= 0.3 is 0 Å². The zero-order chi connectivity index (χ0) is 25.7. The zero-order valence-electron chi connectivity index (χ0n) is 18.7. The van der Waals surface area contributed by atoms with Crippen LogP contribution in [0.5, 0.6) is 0 Å². The number of hydrogen-bond donors (Lipinski definition) is 1. The lowest BCUT2D eigenvalue weighted by atomic mass is 10.2. The molecule has 184 valence electrons. The van der Waals surface area contributed by atoms with E-state index in [0.29, 0.717) is 44.5 Å². The van der Waals surface area contributed by atoms with Crippen LogP contribution in [-0.4, -0.2) is 42.1 Å². The molecule has 13 heteroatoms. The van der Waals surface area contributed by atoms with Crippen LogP contribution >= 0.6 is 23.5 Å². The molecule has 0 bridgehead atoms. The van der Waals surface area contributed by atoms with Gasteiger partial charge in [0.25, 0.3) is 11.4 Å². The number of aryl methyl sites for hydroxylation is 1. The summed E-state index contributed by atoms with van der Waals surface area (Å²) in [6.45, 7) is 1.72. The van der Waals surface area contributed by atoms with Crippen LogP contribution in [0.1, 0.15) is 5.56 Å². The molecule has 4 rings (SSSR count). The van der Waals surface area contributed by atoms with Crippen molar-refractivity contribution in [3.05, 3.63) is 82.7 Å². The number of nitro groups is 1. The molecule has 0 aliphatic rings. The summed E-state index contributed by atoms with van der Waals surface area (Å²) < 4.78 is 27.1. The van der Waals surface area contributed by atoms with E-state index in [1.54, 1.807) is 66.3 Å². The molecule has 1 amide bonds. The van der Waals surface area contributed by atoms with E-state index in [0.717, 1.165) is 11.8 Å². The Balaban J connectivity index is 1.59. The molecule has 0 radical (unpaired) electrons. The monoisotopic (exact) mass is 528 g/mol. The van der Waals surface area contributed by atoms with Gasteiger partial charge in [-0.15, -0.1) is 10.2 Å². The quantitative estimate of drug-likeness (QED) is 0.170. The molecule has 2 aromatic carbocycles. The van der Waals surface area contributed by atoms with Crippen LogP contribution in [0.15, 0.2) is 77.0 Å². The van der Waals surface area contributed by atoms with E-state index in [1.807, 2.05) is 0 Å². The third-order valence-corrected chi connectivity index (χ3v) is 6.48. The van der Waals surface area contributed by atoms with Crippen molar-refractivity contribution in [3.63, 3.8) is 0 Å². The predicted molar refractivity (Wildman–Crippen MR) is 134 cm³/mol. The first-order chi connectivity index (χ1) is 17.3. The normalized spacial score (nSPS) is 11.0. The Hall–Kier alpha value is -3.84. The number of anilines is 1. The van der Waals surface area contributed by atoms with Gasteiger partial charge in [-0.1, -0.05) is 29.6 Å². The third kappa shape index (κ3) is 6.04. The summed E-state index contributed by atoms with van der Waals surface area (Å²) in [7, 11) is 0. The fraction of sp³-hybridized carbons (Fsp3) is 0.130. The lowest BCUT2D eigenvalue weighted by Gasteiger charge is -2.11. The van der Waals surface area contributed by atoms with Crippen molar-refractivity contribution in [2.45, 2.75) is 22.7 Å². The van der Waals surface area contributed by atoms with Crippen molar-refractivity contribution in [3.8, 4) is 17.1 Å². The minimum absolute atomic E-state index is 0.0980. The standard InChI is InChI=1S/C23H18F2N6O3S2/c1-14-4-9-18(19(11-14)31(33)34)27-20(32)13-35-23-29-28-21(15-3-2-10-26-12-15)30(23)16-5-7-17(8-6-16)36-22(24)25/h2-12,22H,13H2,1H3,(H,27,32). The lowest BCUT2D eigenvalue weighted by molar-refractivity contribution is -0.384. The third-order valence-electron chi connectivity index (χ3n) is 4.83. The zero-order valence-corrected chi connectivity index (χ0v) is 20.3. The van der Waals surface area contributed by atoms with Crippen LogP contribution < -0.4 is 5.32 Å². The van der Waals surface area contributed by atoms with Crippen molar-refractivity contribution in [2.75, 3.05) is 11.1 Å². The summed E-state index contributed by atoms with van der Waals surface area (Å²) >= 11 is 1.52. The molecular weight excluding hydrogens is 510 g/mol. The molecule has 0 fully saturated rings. The minimum Gasteiger partial charge on any atom is -0.320 e. The highest BCUT2D eigenvalue weighted by Gasteiger charge is 2.20. The van der Waals surface area contributed by atoms with Crippen LogP contribution in [0.4, 0.5) is 20.2 Å². The summed E-state index contributed by atoms with van der Waals surface area (Å²) in [4.78, 5) is 27.9. The number of rotatable bonds is 9. The second-order valence-electron chi connectivity index (χ2n) is 7.37. The summed E-state index contributed by atoms with van der Waals surface area (Å²) in [6.07, 6.45) is 3.23. The number of aromatic nitrogens is 4. The van der Waals surface area contributed by atoms with E-state index in [9.17, 15) is 23.7 Å². The SMILES string of the molecule is Cc1ccc(NC(=O)CSc2nnc(-c3cccnc3)n2-c2ccc(SC(F)F)cc2)c([N+](=O)[O-])c1. The fourth-order valence-electron chi connectivity index (χ4n) is 3.27. The molecule has 0 spiro atoms. The summed E-state index contributed by atoms with van der Waals surface area (Å²) in [5.41, 5.74) is 1.87. The van der Waals surface area contributed by atoms with Crippen molar-refractivity contribution in [1.82, 2.24) is 19.7 Å². The van der Waals surface area contributed by atoms with Crippen molar-refractivity contribution in [2.24, 2.45) is 0 Å². The van der Waals surface area contributed by atoms with Gasteiger partial charge in [0.05, 0.1) is 10.7 Å². The number of pyridine rings is 1. The maximum atomic E-state index is 12.7. The van der Waals surface area contributed by atoms with Gasteiger partial charge in [-0.2, -0.15) is 8.78 Å². The number of carbonyl (C=O) groups excluding carboxylic acids is 1. The maximum Gasteiger partial charge on any atom is 0.293 e. The number of nitrogens with one attached hydrogen (secondary N) is 1. The van der Waals surface area contributed by atoms with E-state index in [1.165, 1.54) is 12.1 Å². The average Bonchev–Trinajstić information content (AvgIpc) is 3.28. The Morgan fingerprint density at radius 3 is 2.61 bits per heavy atom. The molecule has 36 heavy (non-hydrogen) atoms. The number of benzene rings is 2. The average molecular weight is 529 g/mol. The molecule has 0 unspecified atom stereocenters. The van der Waals surface area contributed by atoms with Gasteiger partial charge in [0, 0.05) is 34.6 Å². The summed E-state index contributed by atoms with van der Waals surface area (Å²) in [6, 6.07) is 14.5. The lowest BCUT2D eigenvalue weighted by Crippen LogP contribution is -2.15. The number of halogens is 2. The smallest absolute Gasteiger partial charge is 0.293 e. The summed E-state index contributed by atoms with van der Waals surface area (Å²) in [5.74, 6) is -2.65. The Labute approximate surface area is 212 Å². The Bertz CT molecular complexity index is 1380.